The molecule has 0 aromatic carbocycles. The topological polar surface area (TPSA) is 175 Å². The van der Waals surface area contributed by atoms with Gasteiger partial charge < -0.3 is 45.1 Å². The molecule has 0 radical (unpaired) electrons. The van der Waals surface area contributed by atoms with E-state index in [9.17, 15) is 35.1 Å². The van der Waals surface area contributed by atoms with Crippen LogP contribution in [0.2, 0.25) is 0 Å². The summed E-state index contributed by atoms with van der Waals surface area (Å²) in [7, 11) is 0. The average Bonchev–Trinajstić information content (AvgIpc) is 3.41. The first-order valence-corrected chi connectivity index (χ1v) is 32.5. The van der Waals surface area contributed by atoms with E-state index in [1.807, 2.05) is 6.08 Å². The molecule has 7 unspecified atom stereocenters. The van der Waals surface area contributed by atoms with Crippen LogP contribution in [-0.4, -0.2) is 100 Å². The molecule has 0 aromatic heterocycles. The van der Waals surface area contributed by atoms with Crippen molar-refractivity contribution >= 4 is 11.9 Å². The predicted octanol–water partition coefficient (Wildman–Crippen LogP) is 15.5. The molecule has 11 nitrogen and oxygen atoms in total. The fraction of sp³-hybridized carbons (Fsp3) is 0.938. The van der Waals surface area contributed by atoms with E-state index in [1.165, 1.54) is 238 Å². The minimum Gasteiger partial charge on any atom is -0.466 e. The van der Waals surface area contributed by atoms with Gasteiger partial charge in [-0.2, -0.15) is 0 Å². The molecule has 1 fully saturated rings. The number of esters is 1. The summed E-state index contributed by atoms with van der Waals surface area (Å²) in [6.45, 7) is 4.37. The van der Waals surface area contributed by atoms with Gasteiger partial charge in [0.05, 0.1) is 32.0 Å². The summed E-state index contributed by atoms with van der Waals surface area (Å²) in [6, 6.07) is -0.808. The molecule has 0 aromatic rings. The SMILES string of the molecule is CCCCCCCCCCCCC/C=C/C(O)C(COC1OC(CO)C(O)C(O)C1O)NC(=O)CCCCCCCCCCCCCCCCCCCCCCCCCOC(=O)CCCCCCCCCCCCC. The van der Waals surface area contributed by atoms with Gasteiger partial charge in [-0.05, 0) is 32.1 Å². The summed E-state index contributed by atoms with van der Waals surface area (Å²) >= 11 is 0. The van der Waals surface area contributed by atoms with Crippen LogP contribution in [0.5, 0.6) is 0 Å². The molecule has 0 spiro atoms. The molecule has 1 saturated heterocycles. The number of nitrogens with one attached hydrogen (secondary N) is 1. The van der Waals surface area contributed by atoms with Gasteiger partial charge >= 0.3 is 5.97 Å². The molecule has 11 heteroatoms. The summed E-state index contributed by atoms with van der Waals surface area (Å²) in [4.78, 5) is 25.1. The zero-order valence-electron chi connectivity index (χ0n) is 49.0. The minimum absolute atomic E-state index is 0.00300. The fourth-order valence-corrected chi connectivity index (χ4v) is 10.5. The van der Waals surface area contributed by atoms with E-state index >= 15 is 0 Å². The number of hydrogen-bond donors (Lipinski definition) is 6. The maximum atomic E-state index is 13.1. The third kappa shape index (κ3) is 43.9. The lowest BCUT2D eigenvalue weighted by Gasteiger charge is -2.40. The summed E-state index contributed by atoms with van der Waals surface area (Å²) in [5.41, 5.74) is 0. The molecule has 1 amide bonds. The van der Waals surface area contributed by atoms with Crippen molar-refractivity contribution in [3.63, 3.8) is 0 Å². The summed E-state index contributed by atoms with van der Waals surface area (Å²) in [5.74, 6) is -0.176. The van der Waals surface area contributed by atoms with Crippen LogP contribution in [0.4, 0.5) is 0 Å². The van der Waals surface area contributed by atoms with E-state index < -0.39 is 49.5 Å². The van der Waals surface area contributed by atoms with Crippen molar-refractivity contribution in [3.8, 4) is 0 Å². The molecule has 1 aliphatic heterocycles. The second-order valence-corrected chi connectivity index (χ2v) is 22.8. The lowest BCUT2D eigenvalue weighted by molar-refractivity contribution is -0.302. The Morgan fingerprint density at radius 1 is 0.480 bits per heavy atom. The predicted molar refractivity (Wildman–Crippen MR) is 311 cm³/mol. The molecule has 0 aliphatic carbocycles. The molecule has 0 bridgehead atoms. The number of amides is 1. The largest absolute Gasteiger partial charge is 0.466 e. The maximum Gasteiger partial charge on any atom is 0.305 e. The van der Waals surface area contributed by atoms with E-state index in [1.54, 1.807) is 6.08 Å². The number of unbranched alkanes of at least 4 members (excludes halogenated alkanes) is 43. The molecule has 1 rings (SSSR count). The van der Waals surface area contributed by atoms with Gasteiger partial charge in [0.25, 0.3) is 0 Å². The van der Waals surface area contributed by atoms with Crippen molar-refractivity contribution in [2.75, 3.05) is 19.8 Å². The Morgan fingerprint density at radius 2 is 0.840 bits per heavy atom. The number of aliphatic hydroxyl groups is 5. The first-order chi connectivity index (χ1) is 36.7. The van der Waals surface area contributed by atoms with Crippen LogP contribution in [0.15, 0.2) is 12.2 Å². The van der Waals surface area contributed by atoms with Crippen LogP contribution in [0, 0.1) is 0 Å². The van der Waals surface area contributed by atoms with Gasteiger partial charge in [0.1, 0.15) is 24.4 Å². The van der Waals surface area contributed by atoms with Crippen molar-refractivity contribution in [1.82, 2.24) is 5.32 Å². The van der Waals surface area contributed by atoms with Gasteiger partial charge in [0, 0.05) is 12.8 Å². The molecule has 1 heterocycles. The number of allylic oxidation sites excluding steroid dienone is 1. The average molecular weight is 1070 g/mol. The quantitative estimate of drug-likeness (QED) is 0.0195. The molecular weight excluding hydrogens is 943 g/mol. The Morgan fingerprint density at radius 3 is 1.24 bits per heavy atom. The van der Waals surface area contributed by atoms with Gasteiger partial charge in [-0.3, -0.25) is 9.59 Å². The highest BCUT2D eigenvalue weighted by Gasteiger charge is 2.44. The highest BCUT2D eigenvalue weighted by molar-refractivity contribution is 5.76. The van der Waals surface area contributed by atoms with Crippen molar-refractivity contribution in [2.45, 2.75) is 365 Å². The zero-order valence-corrected chi connectivity index (χ0v) is 49.0. The lowest BCUT2D eigenvalue weighted by atomic mass is 9.99. The summed E-state index contributed by atoms with van der Waals surface area (Å²) in [5, 5.41) is 54.4. The second kappa shape index (κ2) is 54.4. The zero-order chi connectivity index (χ0) is 54.5. The number of aliphatic hydroxyl groups excluding tert-OH is 5. The first-order valence-electron chi connectivity index (χ1n) is 32.5. The van der Waals surface area contributed by atoms with Crippen molar-refractivity contribution in [2.24, 2.45) is 0 Å². The first kappa shape index (κ1) is 71.4. The van der Waals surface area contributed by atoms with Gasteiger partial charge in [-0.15, -0.1) is 0 Å². The van der Waals surface area contributed by atoms with Crippen LogP contribution in [0.1, 0.15) is 322 Å². The Bertz CT molecular complexity index is 1250. The number of rotatable bonds is 57. The number of carbonyl (C=O) groups excluding carboxylic acids is 2. The normalized spacial score (nSPS) is 18.7. The second-order valence-electron chi connectivity index (χ2n) is 22.8. The Hall–Kier alpha value is -1.60. The summed E-state index contributed by atoms with van der Waals surface area (Å²) in [6.07, 6.45) is 54.5. The van der Waals surface area contributed by atoms with E-state index in [2.05, 4.69) is 19.2 Å². The van der Waals surface area contributed by atoms with E-state index in [4.69, 9.17) is 14.2 Å². The maximum absolute atomic E-state index is 13.1. The third-order valence-corrected chi connectivity index (χ3v) is 15.7. The molecule has 1 aliphatic rings. The van der Waals surface area contributed by atoms with Crippen LogP contribution in [0.25, 0.3) is 0 Å². The van der Waals surface area contributed by atoms with Gasteiger partial charge in [-0.25, -0.2) is 0 Å². The van der Waals surface area contributed by atoms with E-state index in [-0.39, 0.29) is 18.5 Å². The Balaban J connectivity index is 2.03. The highest BCUT2D eigenvalue weighted by atomic mass is 16.7. The van der Waals surface area contributed by atoms with Gasteiger partial charge in [0.15, 0.2) is 6.29 Å². The monoisotopic (exact) mass is 1070 g/mol. The molecule has 7 atom stereocenters. The van der Waals surface area contributed by atoms with Crippen LogP contribution < -0.4 is 5.32 Å². The summed E-state index contributed by atoms with van der Waals surface area (Å²) < 4.78 is 16.7. The number of hydrogen-bond acceptors (Lipinski definition) is 10. The van der Waals surface area contributed by atoms with Crippen LogP contribution >= 0.6 is 0 Å². The van der Waals surface area contributed by atoms with E-state index in [0.717, 1.165) is 57.8 Å². The Kier molecular flexibility index (Phi) is 51.8. The molecule has 444 valence electrons. The van der Waals surface area contributed by atoms with Crippen LogP contribution in [0.3, 0.4) is 0 Å². The molecular formula is C64H123NO10. The standard InChI is InChI=1S/C64H123NO10/c1-3-5-7-9-11-13-15-27-31-34-38-42-46-50-57(67)56(55-74-64-63(72)62(71)61(70)58(54-66)75-64)65-59(68)51-47-43-39-35-32-28-25-23-21-19-17-16-18-20-22-24-26-29-33-37-41-45-49-53-73-60(69)52-48-44-40-36-30-14-12-10-8-6-4-2/h46,50,56-58,61-64,66-67,70-72H,3-45,47-49,51-55H2,1-2H3,(H,65,68)/b50-46+. The van der Waals surface area contributed by atoms with Gasteiger partial charge in [-0.1, -0.05) is 289 Å². The van der Waals surface area contributed by atoms with E-state index in [0.29, 0.717) is 19.4 Å². The highest BCUT2D eigenvalue weighted by Crippen LogP contribution is 2.23. The van der Waals surface area contributed by atoms with Crippen LogP contribution in [-0.2, 0) is 23.8 Å². The van der Waals surface area contributed by atoms with Crippen molar-refractivity contribution < 1.29 is 49.3 Å². The smallest absolute Gasteiger partial charge is 0.305 e. The third-order valence-electron chi connectivity index (χ3n) is 15.7. The van der Waals surface area contributed by atoms with Crippen molar-refractivity contribution in [1.29, 1.82) is 0 Å². The number of carbonyl (C=O) groups is 2. The Labute approximate surface area is 461 Å². The molecule has 6 N–H and O–H groups in total. The number of ether oxygens (including phenoxy) is 3. The van der Waals surface area contributed by atoms with Crippen molar-refractivity contribution in [3.05, 3.63) is 12.2 Å². The molecule has 75 heavy (non-hydrogen) atoms. The molecule has 0 saturated carbocycles. The minimum atomic E-state index is -1.57. The van der Waals surface area contributed by atoms with Gasteiger partial charge in [0.2, 0.25) is 5.91 Å². The lowest BCUT2D eigenvalue weighted by Crippen LogP contribution is -2.60. The fourth-order valence-electron chi connectivity index (χ4n) is 10.5.